The van der Waals surface area contributed by atoms with E-state index in [0.29, 0.717) is 0 Å². The summed E-state index contributed by atoms with van der Waals surface area (Å²) in [4.78, 5) is 9.93. The Bertz CT molecular complexity index is 97.9. The molecule has 0 amide bonds. The molecule has 7 heavy (non-hydrogen) atoms. The van der Waals surface area contributed by atoms with Crippen molar-refractivity contribution in [3.05, 3.63) is 18.7 Å². The van der Waals surface area contributed by atoms with E-state index >= 15 is 0 Å². The Morgan fingerprint density at radius 1 is 1.86 bits per heavy atom. The molecule has 0 fully saturated rings. The standard InChI is InChI=1S/C4H3ClO2/c1-3(5)4(6)7-2/h2H,1H2. The van der Waals surface area contributed by atoms with Gasteiger partial charge >= 0.3 is 5.97 Å². The molecule has 0 aromatic heterocycles. The van der Waals surface area contributed by atoms with Crippen LogP contribution in [0.4, 0.5) is 0 Å². The number of hydrogen-bond acceptors (Lipinski definition) is 2. The smallest absolute Gasteiger partial charge is 0.349 e. The fraction of sp³-hybridized carbons (Fsp3) is 0. The number of carbonyl (C=O) groups is 1. The van der Waals surface area contributed by atoms with Crippen LogP contribution in [0.5, 0.6) is 0 Å². The van der Waals surface area contributed by atoms with Crippen molar-refractivity contribution in [2.75, 3.05) is 0 Å². The van der Waals surface area contributed by atoms with Crippen molar-refractivity contribution in [1.82, 2.24) is 0 Å². The van der Waals surface area contributed by atoms with Crippen molar-refractivity contribution in [2.45, 2.75) is 0 Å². The molecule has 2 nitrogen and oxygen atoms in total. The van der Waals surface area contributed by atoms with Gasteiger partial charge in [-0.2, -0.15) is 0 Å². The number of hydrogen-bond donors (Lipinski definition) is 0. The normalized spacial score (nSPS) is 7.71. The molecule has 2 radical (unpaired) electrons. The van der Waals surface area contributed by atoms with Crippen molar-refractivity contribution in [3.63, 3.8) is 0 Å². The largest absolute Gasteiger partial charge is 0.450 e. The first-order valence-corrected chi connectivity index (χ1v) is 1.81. The Hall–Kier alpha value is -0.500. The van der Waals surface area contributed by atoms with E-state index in [2.05, 4.69) is 18.4 Å². The Morgan fingerprint density at radius 2 is 2.29 bits per heavy atom. The van der Waals surface area contributed by atoms with Gasteiger partial charge in [0, 0.05) is 0 Å². The average molecular weight is 119 g/mol. The highest BCUT2D eigenvalue weighted by Gasteiger charge is 1.99. The van der Waals surface area contributed by atoms with Gasteiger partial charge in [0.2, 0.25) is 0 Å². The zero-order chi connectivity index (χ0) is 5.86. The molecule has 0 aromatic rings. The highest BCUT2D eigenvalue weighted by Crippen LogP contribution is 1.97. The Kier molecular flexibility index (Phi) is 2.45. The van der Waals surface area contributed by atoms with E-state index in [1.807, 2.05) is 0 Å². The van der Waals surface area contributed by atoms with Gasteiger partial charge in [-0.3, -0.25) is 0 Å². The van der Waals surface area contributed by atoms with Crippen molar-refractivity contribution >= 4 is 17.6 Å². The second-order valence-corrected chi connectivity index (χ2v) is 1.27. The molecule has 0 aliphatic rings. The molecule has 0 saturated heterocycles. The van der Waals surface area contributed by atoms with E-state index in [1.54, 1.807) is 0 Å². The molecule has 3 heteroatoms. The molecule has 0 heterocycles. The van der Waals surface area contributed by atoms with Crippen molar-refractivity contribution in [1.29, 1.82) is 0 Å². The molecular formula is C4H3ClO2. The van der Waals surface area contributed by atoms with Crippen LogP contribution >= 0.6 is 11.6 Å². The Labute approximate surface area is 46.7 Å². The van der Waals surface area contributed by atoms with Crippen LogP contribution in [0.3, 0.4) is 0 Å². The summed E-state index contributed by atoms with van der Waals surface area (Å²) in [7, 11) is 4.38. The number of rotatable bonds is 1. The van der Waals surface area contributed by atoms with Gasteiger partial charge in [0.15, 0.2) is 7.11 Å². The lowest BCUT2D eigenvalue weighted by Gasteiger charge is -1.88. The highest BCUT2D eigenvalue weighted by molar-refractivity contribution is 6.40. The fourth-order valence-electron chi connectivity index (χ4n) is 0.0639. The predicted molar refractivity (Wildman–Crippen MR) is 25.4 cm³/mol. The third kappa shape index (κ3) is 2.23. The van der Waals surface area contributed by atoms with Gasteiger partial charge in [0.25, 0.3) is 0 Å². The Morgan fingerprint density at radius 3 is 2.29 bits per heavy atom. The molecule has 0 saturated carbocycles. The van der Waals surface area contributed by atoms with Crippen molar-refractivity contribution in [3.8, 4) is 0 Å². The van der Waals surface area contributed by atoms with E-state index in [0.717, 1.165) is 0 Å². The molecular weight excluding hydrogens is 115 g/mol. The summed E-state index contributed by atoms with van der Waals surface area (Å²) in [6.07, 6.45) is 0. The highest BCUT2D eigenvalue weighted by atomic mass is 35.5. The molecule has 0 N–H and O–H groups in total. The minimum atomic E-state index is -0.804. The maximum absolute atomic E-state index is 9.93. The quantitative estimate of drug-likeness (QED) is 0.379. The molecule has 0 bridgehead atoms. The SMILES string of the molecule is [CH]OC(=O)C(=C)Cl. The van der Waals surface area contributed by atoms with Crippen LogP contribution in [0, 0.1) is 7.11 Å². The molecule has 0 aromatic carbocycles. The molecule has 0 aliphatic carbocycles. The average Bonchev–Trinajstić information content (AvgIpc) is 1.65. The van der Waals surface area contributed by atoms with Crippen LogP contribution in [0.15, 0.2) is 11.6 Å². The summed E-state index contributed by atoms with van der Waals surface area (Å²) in [6, 6.07) is 0. The minimum absolute atomic E-state index is 0.220. The minimum Gasteiger partial charge on any atom is -0.450 e. The maximum atomic E-state index is 9.93. The molecule has 0 rings (SSSR count). The molecule has 0 spiro atoms. The molecule has 0 atom stereocenters. The van der Waals surface area contributed by atoms with Crippen LogP contribution in [-0.4, -0.2) is 5.97 Å². The lowest BCUT2D eigenvalue weighted by molar-refractivity contribution is -0.133. The van der Waals surface area contributed by atoms with Gasteiger partial charge in [0.1, 0.15) is 5.03 Å². The van der Waals surface area contributed by atoms with Gasteiger partial charge in [0.05, 0.1) is 0 Å². The topological polar surface area (TPSA) is 26.3 Å². The van der Waals surface area contributed by atoms with E-state index in [1.165, 1.54) is 0 Å². The summed E-state index contributed by atoms with van der Waals surface area (Å²) in [5, 5.41) is -0.220. The predicted octanol–water partition coefficient (Wildman–Crippen LogP) is 0.951. The van der Waals surface area contributed by atoms with Crippen molar-refractivity contribution in [2.24, 2.45) is 0 Å². The first-order valence-electron chi connectivity index (χ1n) is 1.44. The Balaban J connectivity index is 3.58. The summed E-state index contributed by atoms with van der Waals surface area (Å²) in [5.41, 5.74) is 0. The second-order valence-electron chi connectivity index (χ2n) is 0.810. The van der Waals surface area contributed by atoms with E-state index in [-0.39, 0.29) is 5.03 Å². The van der Waals surface area contributed by atoms with E-state index in [9.17, 15) is 4.79 Å². The first-order chi connectivity index (χ1) is 3.18. The van der Waals surface area contributed by atoms with Crippen LogP contribution in [0.1, 0.15) is 0 Å². The molecule has 38 valence electrons. The lowest BCUT2D eigenvalue weighted by atomic mass is 10.7. The van der Waals surface area contributed by atoms with Gasteiger partial charge in [-0.05, 0) is 0 Å². The van der Waals surface area contributed by atoms with E-state index < -0.39 is 5.97 Å². The van der Waals surface area contributed by atoms with Crippen LogP contribution in [0.2, 0.25) is 0 Å². The van der Waals surface area contributed by atoms with Crippen LogP contribution in [0.25, 0.3) is 0 Å². The summed E-state index contributed by atoms with van der Waals surface area (Å²) in [6.45, 7) is 3.04. The maximum Gasteiger partial charge on any atom is 0.349 e. The zero-order valence-electron chi connectivity index (χ0n) is 3.48. The third-order valence-electron chi connectivity index (χ3n) is 0.329. The lowest BCUT2D eigenvalue weighted by Crippen LogP contribution is -1.95. The van der Waals surface area contributed by atoms with Crippen LogP contribution in [-0.2, 0) is 9.53 Å². The van der Waals surface area contributed by atoms with Gasteiger partial charge in [-0.1, -0.05) is 18.2 Å². The number of carbonyl (C=O) groups excluding carboxylic acids is 1. The van der Waals surface area contributed by atoms with Crippen LogP contribution < -0.4 is 0 Å². The zero-order valence-corrected chi connectivity index (χ0v) is 4.23. The summed E-state index contributed by atoms with van der Waals surface area (Å²) in [5.74, 6) is -0.804. The van der Waals surface area contributed by atoms with Gasteiger partial charge in [-0.25, -0.2) is 4.79 Å². The third-order valence-corrected chi connectivity index (χ3v) is 0.483. The molecule has 0 aliphatic heterocycles. The number of halogens is 1. The fourth-order valence-corrected chi connectivity index (χ4v) is 0.108. The first kappa shape index (κ1) is 6.50. The second kappa shape index (κ2) is 2.64. The molecule has 0 unspecified atom stereocenters. The summed E-state index contributed by atoms with van der Waals surface area (Å²) < 4.78 is 3.64. The van der Waals surface area contributed by atoms with Crippen molar-refractivity contribution < 1.29 is 9.53 Å². The van der Waals surface area contributed by atoms with Gasteiger partial charge < -0.3 is 4.74 Å². The van der Waals surface area contributed by atoms with Gasteiger partial charge in [-0.15, -0.1) is 0 Å². The number of ether oxygens (including phenoxy) is 1. The summed E-state index contributed by atoms with van der Waals surface area (Å²) >= 11 is 4.98. The van der Waals surface area contributed by atoms with E-state index in [4.69, 9.17) is 11.6 Å². The number of esters is 1. The monoisotopic (exact) mass is 118 g/mol.